The average Bonchev–Trinajstić information content (AvgIpc) is 3.11. The number of ether oxygens (including phenoxy) is 1. The number of carbonyl (C=O) groups excluding carboxylic acids is 1. The maximum absolute atomic E-state index is 12.6. The molecule has 0 radical (unpaired) electrons. The Morgan fingerprint density at radius 2 is 1.70 bits per heavy atom. The molecule has 0 bridgehead atoms. The molecule has 8 heteroatoms. The number of esters is 1. The fourth-order valence-corrected chi connectivity index (χ4v) is 4.24. The first-order valence-corrected chi connectivity index (χ1v) is 11.0. The van der Waals surface area contributed by atoms with Crippen LogP contribution in [0.2, 0.25) is 0 Å². The van der Waals surface area contributed by atoms with E-state index in [9.17, 15) is 13.2 Å². The Balaban J connectivity index is 1.61. The van der Waals surface area contributed by atoms with Crippen molar-refractivity contribution in [3.8, 4) is 5.75 Å². The lowest BCUT2D eigenvalue weighted by molar-refractivity contribution is 0.0698. The summed E-state index contributed by atoms with van der Waals surface area (Å²) in [6.45, 7) is 1.75. The molecule has 7 nitrogen and oxygen atoms in total. The number of benzene rings is 2. The third kappa shape index (κ3) is 3.99. The molecule has 0 aliphatic heterocycles. The lowest BCUT2D eigenvalue weighted by atomic mass is 9.93. The van der Waals surface area contributed by atoms with E-state index in [-0.39, 0.29) is 10.7 Å². The molecular weight excluding hydrogens is 404 g/mol. The van der Waals surface area contributed by atoms with Gasteiger partial charge >= 0.3 is 5.97 Å². The summed E-state index contributed by atoms with van der Waals surface area (Å²) in [5, 5.41) is 4.16. The zero-order valence-corrected chi connectivity index (χ0v) is 17.1. The summed E-state index contributed by atoms with van der Waals surface area (Å²) in [6.07, 6.45) is 1.94. The molecule has 0 atom stereocenters. The summed E-state index contributed by atoms with van der Waals surface area (Å²) in [6, 6.07) is 16.7. The Kier molecular flexibility index (Phi) is 5.41. The van der Waals surface area contributed by atoms with E-state index in [1.807, 2.05) is 6.07 Å². The third-order valence-corrected chi connectivity index (χ3v) is 6.04. The lowest BCUT2D eigenvalue weighted by Crippen LogP contribution is -2.22. The number of nitrogens with one attached hydrogen (secondary N) is 1. The summed E-state index contributed by atoms with van der Waals surface area (Å²) in [7, 11) is -3.79. The minimum absolute atomic E-state index is 0.101. The fourth-order valence-electron chi connectivity index (χ4n) is 3.38. The second-order valence-corrected chi connectivity index (χ2v) is 8.54. The van der Waals surface area contributed by atoms with Gasteiger partial charge in [0, 0.05) is 17.5 Å². The molecule has 0 unspecified atom stereocenters. The van der Waals surface area contributed by atoms with Crippen LogP contribution >= 0.6 is 0 Å². The molecule has 0 fully saturated rings. The van der Waals surface area contributed by atoms with Crippen LogP contribution in [-0.4, -0.2) is 20.1 Å². The molecule has 4 rings (SSSR count). The van der Waals surface area contributed by atoms with Crippen molar-refractivity contribution in [2.45, 2.75) is 31.1 Å². The molecule has 1 heterocycles. The van der Waals surface area contributed by atoms with Crippen molar-refractivity contribution in [3.05, 3.63) is 83.3 Å². The number of sulfonamides is 1. The maximum Gasteiger partial charge on any atom is 0.379 e. The van der Waals surface area contributed by atoms with E-state index in [0.717, 1.165) is 6.42 Å². The average molecular weight is 424 g/mol. The Bertz CT molecular complexity index is 1200. The first kappa shape index (κ1) is 19.9. The van der Waals surface area contributed by atoms with Gasteiger partial charge in [-0.25, -0.2) is 4.79 Å². The van der Waals surface area contributed by atoms with Crippen LogP contribution in [0.5, 0.6) is 5.75 Å². The van der Waals surface area contributed by atoms with Crippen LogP contribution in [-0.2, 0) is 16.4 Å². The predicted octanol–water partition coefficient (Wildman–Crippen LogP) is 3.83. The number of furan rings is 1. The minimum atomic E-state index is -3.79. The van der Waals surface area contributed by atoms with Crippen molar-refractivity contribution in [2.75, 3.05) is 0 Å². The number of carbonyl (C=O) groups is 1. The van der Waals surface area contributed by atoms with Gasteiger partial charge in [-0.1, -0.05) is 36.4 Å². The molecule has 30 heavy (non-hydrogen) atoms. The lowest BCUT2D eigenvalue weighted by Gasteiger charge is -2.14. The number of para-hydroxylation sites is 1. The largest absolute Gasteiger partial charge is 0.453 e. The molecule has 1 N–H and O–H groups in total. The highest BCUT2D eigenvalue weighted by molar-refractivity contribution is 7.89. The number of hydrazone groups is 1. The Labute approximate surface area is 174 Å². The van der Waals surface area contributed by atoms with Crippen molar-refractivity contribution >= 4 is 21.7 Å². The van der Waals surface area contributed by atoms with Gasteiger partial charge in [0.2, 0.25) is 5.76 Å². The summed E-state index contributed by atoms with van der Waals surface area (Å²) in [5.41, 5.74) is 1.79. The highest BCUT2D eigenvalue weighted by atomic mass is 32.2. The van der Waals surface area contributed by atoms with Gasteiger partial charge in [-0.2, -0.15) is 18.4 Å². The van der Waals surface area contributed by atoms with Crippen LogP contribution < -0.4 is 9.57 Å². The molecule has 0 saturated heterocycles. The number of fused-ring (bicyclic) bond motifs is 1. The molecule has 154 valence electrons. The Hall–Kier alpha value is -3.39. The van der Waals surface area contributed by atoms with E-state index in [1.165, 1.54) is 12.1 Å². The van der Waals surface area contributed by atoms with E-state index in [2.05, 4.69) is 9.93 Å². The number of nitrogens with zero attached hydrogens (tertiary/aromatic N) is 1. The molecule has 2 aromatic carbocycles. The molecule has 0 amide bonds. The third-order valence-electron chi connectivity index (χ3n) is 4.82. The Morgan fingerprint density at radius 3 is 2.40 bits per heavy atom. The van der Waals surface area contributed by atoms with Crippen LogP contribution in [0.3, 0.4) is 0 Å². The smallest absolute Gasteiger partial charge is 0.379 e. The zero-order chi connectivity index (χ0) is 21.1. The van der Waals surface area contributed by atoms with Crippen molar-refractivity contribution in [1.29, 1.82) is 0 Å². The van der Waals surface area contributed by atoms with Gasteiger partial charge in [0.15, 0.2) is 0 Å². The van der Waals surface area contributed by atoms with Gasteiger partial charge in [0.1, 0.15) is 11.5 Å². The zero-order valence-electron chi connectivity index (χ0n) is 16.3. The van der Waals surface area contributed by atoms with Gasteiger partial charge in [-0.15, -0.1) is 0 Å². The van der Waals surface area contributed by atoms with Crippen molar-refractivity contribution in [2.24, 2.45) is 5.10 Å². The van der Waals surface area contributed by atoms with E-state index in [0.29, 0.717) is 41.2 Å². The van der Waals surface area contributed by atoms with Crippen LogP contribution in [0.4, 0.5) is 0 Å². The van der Waals surface area contributed by atoms with Gasteiger partial charge in [0.05, 0.1) is 10.6 Å². The molecular formula is C22H20N2O5S. The molecule has 1 aliphatic carbocycles. The number of hydrogen-bond donors (Lipinski definition) is 1. The van der Waals surface area contributed by atoms with E-state index in [1.54, 1.807) is 49.4 Å². The second-order valence-electron chi connectivity index (χ2n) is 6.88. The van der Waals surface area contributed by atoms with Gasteiger partial charge < -0.3 is 9.15 Å². The molecule has 0 saturated carbocycles. The highest BCUT2D eigenvalue weighted by Crippen LogP contribution is 2.30. The predicted molar refractivity (Wildman–Crippen MR) is 111 cm³/mol. The monoisotopic (exact) mass is 424 g/mol. The van der Waals surface area contributed by atoms with Gasteiger partial charge in [0.25, 0.3) is 10.0 Å². The minimum Gasteiger partial charge on any atom is -0.453 e. The second kappa shape index (κ2) is 8.16. The molecule has 1 aliphatic rings. The molecule has 3 aromatic rings. The summed E-state index contributed by atoms with van der Waals surface area (Å²) < 4.78 is 36.1. The van der Waals surface area contributed by atoms with Crippen LogP contribution in [0, 0.1) is 6.92 Å². The summed E-state index contributed by atoms with van der Waals surface area (Å²) in [5.74, 6) is 0.527. The standard InChI is InChI=1S/C22H20N2O5S/c1-15-20-18(23-24-30(26,27)17-11-6-3-7-12-17)13-8-14-19(20)29-21(15)22(25)28-16-9-4-2-5-10-16/h2-7,9-12,24H,8,13-14H2,1H3/b23-18+. The van der Waals surface area contributed by atoms with E-state index < -0.39 is 16.0 Å². The highest BCUT2D eigenvalue weighted by Gasteiger charge is 2.29. The normalized spacial score (nSPS) is 14.9. The summed E-state index contributed by atoms with van der Waals surface area (Å²) in [4.78, 5) is 15.0. The number of hydrogen-bond acceptors (Lipinski definition) is 6. The van der Waals surface area contributed by atoms with Crippen LogP contribution in [0.15, 0.2) is 75.1 Å². The van der Waals surface area contributed by atoms with Crippen molar-refractivity contribution in [3.63, 3.8) is 0 Å². The first-order chi connectivity index (χ1) is 14.5. The SMILES string of the molecule is Cc1c(C(=O)Oc2ccccc2)oc2c1/C(=N/NS(=O)(=O)c1ccccc1)CCC2. The topological polar surface area (TPSA) is 98.0 Å². The van der Waals surface area contributed by atoms with Crippen LogP contribution in [0.1, 0.15) is 40.3 Å². The van der Waals surface area contributed by atoms with E-state index >= 15 is 0 Å². The quantitative estimate of drug-likeness (QED) is 0.381. The van der Waals surface area contributed by atoms with Crippen LogP contribution in [0.25, 0.3) is 0 Å². The number of aryl methyl sites for hydroxylation is 1. The summed E-state index contributed by atoms with van der Waals surface area (Å²) >= 11 is 0. The van der Waals surface area contributed by atoms with Gasteiger partial charge in [-0.3, -0.25) is 0 Å². The van der Waals surface area contributed by atoms with Gasteiger partial charge in [-0.05, 0) is 44.0 Å². The van der Waals surface area contributed by atoms with E-state index in [4.69, 9.17) is 9.15 Å². The molecule has 1 aromatic heterocycles. The number of rotatable bonds is 5. The Morgan fingerprint density at radius 1 is 1.03 bits per heavy atom. The van der Waals surface area contributed by atoms with Crippen molar-refractivity contribution in [1.82, 2.24) is 4.83 Å². The van der Waals surface area contributed by atoms with Crippen molar-refractivity contribution < 1.29 is 22.4 Å². The first-order valence-electron chi connectivity index (χ1n) is 9.49. The maximum atomic E-state index is 12.6. The molecule has 0 spiro atoms. The fraction of sp³-hybridized carbons (Fsp3) is 0.182.